The van der Waals surface area contributed by atoms with E-state index in [1.807, 2.05) is 12.1 Å². The van der Waals surface area contributed by atoms with Crippen LogP contribution in [0.4, 0.5) is 0 Å². The van der Waals surface area contributed by atoms with Gasteiger partial charge in [-0.3, -0.25) is 4.79 Å². The molecular weight excluding hydrogens is 283 g/mol. The lowest BCUT2D eigenvalue weighted by Crippen LogP contribution is -2.24. The Morgan fingerprint density at radius 1 is 1.21 bits per heavy atom. The monoisotopic (exact) mass is 296 g/mol. The van der Waals surface area contributed by atoms with E-state index in [-0.39, 0.29) is 5.56 Å². The topological polar surface area (TPSA) is 34.9 Å². The first-order chi connectivity index (χ1) is 9.22. The first-order valence-corrected chi connectivity index (χ1v) is 7.01. The Morgan fingerprint density at radius 2 is 2.05 bits per heavy atom. The number of unbranched alkanes of at least 4 members (excludes halogenated alkanes) is 1. The third kappa shape index (κ3) is 3.58. The molecule has 0 amide bonds. The standard InChI is InChI=1S/C14H14Cl2N2O/c15-7-1-2-9-18-14(19)13(6-8-17-18)11-4-3-5-12(16)10-11/h3-6,8,10H,1-2,7,9H2. The molecule has 0 aliphatic heterocycles. The highest BCUT2D eigenvalue weighted by Crippen LogP contribution is 2.19. The van der Waals surface area contributed by atoms with Gasteiger partial charge in [-0.2, -0.15) is 5.10 Å². The zero-order valence-electron chi connectivity index (χ0n) is 10.4. The lowest BCUT2D eigenvalue weighted by Gasteiger charge is -2.06. The summed E-state index contributed by atoms with van der Waals surface area (Å²) < 4.78 is 1.47. The van der Waals surface area contributed by atoms with E-state index in [1.165, 1.54) is 4.68 Å². The summed E-state index contributed by atoms with van der Waals surface area (Å²) in [4.78, 5) is 12.3. The minimum atomic E-state index is -0.0978. The van der Waals surface area contributed by atoms with Crippen molar-refractivity contribution in [1.82, 2.24) is 9.78 Å². The fourth-order valence-electron chi connectivity index (χ4n) is 1.84. The zero-order chi connectivity index (χ0) is 13.7. The van der Waals surface area contributed by atoms with Crippen molar-refractivity contribution in [3.63, 3.8) is 0 Å². The van der Waals surface area contributed by atoms with Crippen LogP contribution in [0.15, 0.2) is 41.3 Å². The third-order valence-corrected chi connectivity index (χ3v) is 3.30. The number of rotatable bonds is 5. The maximum absolute atomic E-state index is 12.3. The van der Waals surface area contributed by atoms with Gasteiger partial charge < -0.3 is 0 Å². The lowest BCUT2D eigenvalue weighted by molar-refractivity contribution is 0.545. The Hall–Kier alpha value is -1.32. The molecule has 0 spiro atoms. The molecule has 2 rings (SSSR count). The van der Waals surface area contributed by atoms with Gasteiger partial charge in [0, 0.05) is 23.6 Å². The lowest BCUT2D eigenvalue weighted by atomic mass is 10.1. The van der Waals surface area contributed by atoms with E-state index in [9.17, 15) is 4.79 Å². The molecule has 0 N–H and O–H groups in total. The maximum atomic E-state index is 12.3. The van der Waals surface area contributed by atoms with Gasteiger partial charge in [-0.25, -0.2) is 4.68 Å². The summed E-state index contributed by atoms with van der Waals surface area (Å²) in [7, 11) is 0. The van der Waals surface area contributed by atoms with E-state index in [0.29, 0.717) is 23.0 Å². The smallest absolute Gasteiger partial charge is 0.267 e. The van der Waals surface area contributed by atoms with Crippen LogP contribution in [-0.2, 0) is 6.54 Å². The predicted octanol–water partition coefficient (Wildman–Crippen LogP) is 3.58. The summed E-state index contributed by atoms with van der Waals surface area (Å²) >= 11 is 11.6. The van der Waals surface area contributed by atoms with E-state index >= 15 is 0 Å². The Morgan fingerprint density at radius 3 is 2.79 bits per heavy atom. The zero-order valence-corrected chi connectivity index (χ0v) is 11.9. The van der Waals surface area contributed by atoms with Crippen molar-refractivity contribution in [3.05, 3.63) is 51.9 Å². The first-order valence-electron chi connectivity index (χ1n) is 6.10. The van der Waals surface area contributed by atoms with E-state index in [1.54, 1.807) is 24.4 Å². The quantitative estimate of drug-likeness (QED) is 0.624. The van der Waals surface area contributed by atoms with Crippen LogP contribution in [0.3, 0.4) is 0 Å². The molecule has 1 aromatic heterocycles. The second-order valence-corrected chi connectivity index (χ2v) is 4.99. The van der Waals surface area contributed by atoms with Crippen molar-refractivity contribution in [1.29, 1.82) is 0 Å². The molecule has 0 saturated carbocycles. The van der Waals surface area contributed by atoms with Crippen molar-refractivity contribution < 1.29 is 0 Å². The number of aromatic nitrogens is 2. The van der Waals surface area contributed by atoms with Gasteiger partial charge in [-0.1, -0.05) is 23.7 Å². The van der Waals surface area contributed by atoms with Crippen molar-refractivity contribution in [3.8, 4) is 11.1 Å². The summed E-state index contributed by atoms with van der Waals surface area (Å²) in [5.74, 6) is 0.600. The molecular formula is C14H14Cl2N2O. The first kappa shape index (κ1) is 14.1. The minimum Gasteiger partial charge on any atom is -0.267 e. The summed E-state index contributed by atoms with van der Waals surface area (Å²) in [6.45, 7) is 0.583. The third-order valence-electron chi connectivity index (χ3n) is 2.80. The molecule has 1 aromatic carbocycles. The van der Waals surface area contributed by atoms with Crippen molar-refractivity contribution in [2.75, 3.05) is 5.88 Å². The molecule has 19 heavy (non-hydrogen) atoms. The number of halogens is 2. The number of nitrogens with zero attached hydrogens (tertiary/aromatic N) is 2. The van der Waals surface area contributed by atoms with Gasteiger partial charge in [0.1, 0.15) is 0 Å². The minimum absolute atomic E-state index is 0.0978. The van der Waals surface area contributed by atoms with E-state index in [4.69, 9.17) is 23.2 Å². The fourth-order valence-corrected chi connectivity index (χ4v) is 2.22. The second kappa shape index (κ2) is 6.73. The molecule has 0 aliphatic rings. The summed E-state index contributed by atoms with van der Waals surface area (Å²) in [5, 5.41) is 4.70. The van der Waals surface area contributed by atoms with Crippen LogP contribution < -0.4 is 5.56 Å². The van der Waals surface area contributed by atoms with Crippen molar-refractivity contribution in [2.24, 2.45) is 0 Å². The average Bonchev–Trinajstić information content (AvgIpc) is 2.41. The van der Waals surface area contributed by atoms with E-state index in [0.717, 1.165) is 18.4 Å². The Labute approximate surface area is 121 Å². The van der Waals surface area contributed by atoms with Gasteiger partial charge in [0.05, 0.1) is 5.56 Å². The number of benzene rings is 1. The predicted molar refractivity (Wildman–Crippen MR) is 78.9 cm³/mol. The normalized spacial score (nSPS) is 10.6. The highest BCUT2D eigenvalue weighted by molar-refractivity contribution is 6.30. The van der Waals surface area contributed by atoms with Gasteiger partial charge in [0.2, 0.25) is 0 Å². The molecule has 0 radical (unpaired) electrons. The Bertz CT molecular complexity index is 610. The Balaban J connectivity index is 2.32. The summed E-state index contributed by atoms with van der Waals surface area (Å²) in [6, 6.07) is 8.97. The maximum Gasteiger partial charge on any atom is 0.274 e. The van der Waals surface area contributed by atoms with Crippen LogP contribution in [0, 0.1) is 0 Å². The molecule has 5 heteroatoms. The van der Waals surface area contributed by atoms with Gasteiger partial charge in [0.15, 0.2) is 0 Å². The molecule has 0 atom stereocenters. The highest BCUT2D eigenvalue weighted by atomic mass is 35.5. The average molecular weight is 297 g/mol. The second-order valence-electron chi connectivity index (χ2n) is 4.18. The number of aryl methyl sites for hydroxylation is 1. The molecule has 0 aliphatic carbocycles. The molecule has 0 bridgehead atoms. The molecule has 1 heterocycles. The molecule has 0 fully saturated rings. The fraction of sp³-hybridized carbons (Fsp3) is 0.286. The largest absolute Gasteiger partial charge is 0.274 e. The van der Waals surface area contributed by atoms with Crippen LogP contribution >= 0.6 is 23.2 Å². The Kier molecular flexibility index (Phi) is 5.00. The summed E-state index contributed by atoms with van der Waals surface area (Å²) in [5.41, 5.74) is 1.33. The summed E-state index contributed by atoms with van der Waals surface area (Å²) in [6.07, 6.45) is 3.35. The van der Waals surface area contributed by atoms with E-state index < -0.39 is 0 Å². The number of alkyl halides is 1. The molecule has 100 valence electrons. The number of hydrogen-bond acceptors (Lipinski definition) is 2. The van der Waals surface area contributed by atoms with Crippen LogP contribution in [0.25, 0.3) is 11.1 Å². The van der Waals surface area contributed by atoms with Gasteiger partial charge in [-0.05, 0) is 36.6 Å². The van der Waals surface area contributed by atoms with E-state index in [2.05, 4.69) is 5.10 Å². The highest BCUT2D eigenvalue weighted by Gasteiger charge is 2.07. The van der Waals surface area contributed by atoms with Crippen LogP contribution in [0.1, 0.15) is 12.8 Å². The molecule has 2 aromatic rings. The molecule has 0 unspecified atom stereocenters. The molecule has 3 nitrogen and oxygen atoms in total. The van der Waals surface area contributed by atoms with Gasteiger partial charge in [0.25, 0.3) is 5.56 Å². The van der Waals surface area contributed by atoms with Crippen LogP contribution in [-0.4, -0.2) is 15.7 Å². The molecule has 0 saturated heterocycles. The van der Waals surface area contributed by atoms with Crippen LogP contribution in [0.5, 0.6) is 0 Å². The van der Waals surface area contributed by atoms with Gasteiger partial charge >= 0.3 is 0 Å². The van der Waals surface area contributed by atoms with Crippen molar-refractivity contribution >= 4 is 23.2 Å². The van der Waals surface area contributed by atoms with Crippen LogP contribution in [0.2, 0.25) is 5.02 Å². The number of hydrogen-bond donors (Lipinski definition) is 0. The van der Waals surface area contributed by atoms with Crippen molar-refractivity contribution in [2.45, 2.75) is 19.4 Å². The van der Waals surface area contributed by atoms with Gasteiger partial charge in [-0.15, -0.1) is 11.6 Å². The SMILES string of the molecule is O=c1c(-c2cccc(Cl)c2)ccnn1CCCCCl.